The number of hydrogen-bond acceptors (Lipinski definition) is 2. The maximum Gasteiger partial charge on any atom is 0.406 e. The molecule has 2 N–H and O–H groups in total. The van der Waals surface area contributed by atoms with Crippen molar-refractivity contribution in [3.05, 3.63) is 0 Å². The SMILES string of the molecule is CC[C@@H](NC(=O)N(CC)CC(F)(F)F)C(=O)O. The van der Waals surface area contributed by atoms with Crippen molar-refractivity contribution in [1.29, 1.82) is 0 Å². The van der Waals surface area contributed by atoms with E-state index in [0.717, 1.165) is 0 Å². The number of carbonyl (C=O) groups excluding carboxylic acids is 1. The summed E-state index contributed by atoms with van der Waals surface area (Å²) in [5.74, 6) is -1.27. The first-order valence-electron chi connectivity index (χ1n) is 5.06. The zero-order valence-corrected chi connectivity index (χ0v) is 9.54. The molecule has 0 spiro atoms. The van der Waals surface area contributed by atoms with Crippen molar-refractivity contribution in [2.45, 2.75) is 32.5 Å². The largest absolute Gasteiger partial charge is 0.480 e. The van der Waals surface area contributed by atoms with Gasteiger partial charge in [0.2, 0.25) is 0 Å². The van der Waals surface area contributed by atoms with Crippen LogP contribution in [0.15, 0.2) is 0 Å². The molecule has 0 fully saturated rings. The molecule has 0 rings (SSSR count). The van der Waals surface area contributed by atoms with Gasteiger partial charge >= 0.3 is 18.2 Å². The van der Waals surface area contributed by atoms with Gasteiger partial charge < -0.3 is 15.3 Å². The molecule has 0 saturated heterocycles. The lowest BCUT2D eigenvalue weighted by molar-refractivity contribution is -0.140. The molecule has 0 radical (unpaired) electrons. The molecule has 5 nitrogen and oxygen atoms in total. The molecule has 1 atom stereocenters. The average Bonchev–Trinajstić information content (AvgIpc) is 2.20. The van der Waals surface area contributed by atoms with Crippen LogP contribution < -0.4 is 5.32 Å². The van der Waals surface area contributed by atoms with Gasteiger partial charge in [-0.2, -0.15) is 13.2 Å². The standard InChI is InChI=1S/C9H15F3N2O3/c1-3-6(7(15)16)13-8(17)14(4-2)5-9(10,11)12/h6H,3-5H2,1-2H3,(H,13,17)(H,15,16)/t6-/m1/s1. The molecule has 0 aliphatic heterocycles. The van der Waals surface area contributed by atoms with E-state index in [1.165, 1.54) is 13.8 Å². The number of carboxylic acid groups (broad SMARTS) is 1. The van der Waals surface area contributed by atoms with Gasteiger partial charge in [-0.05, 0) is 13.3 Å². The Morgan fingerprint density at radius 1 is 1.35 bits per heavy atom. The van der Waals surface area contributed by atoms with Gasteiger partial charge in [0.05, 0.1) is 0 Å². The first kappa shape index (κ1) is 15.5. The summed E-state index contributed by atoms with van der Waals surface area (Å²) >= 11 is 0. The summed E-state index contributed by atoms with van der Waals surface area (Å²) in [7, 11) is 0. The number of rotatable bonds is 5. The van der Waals surface area contributed by atoms with E-state index in [1.54, 1.807) is 0 Å². The quantitative estimate of drug-likeness (QED) is 0.782. The van der Waals surface area contributed by atoms with Crippen molar-refractivity contribution < 1.29 is 27.9 Å². The van der Waals surface area contributed by atoms with Crippen LogP contribution in [-0.4, -0.2) is 47.3 Å². The van der Waals surface area contributed by atoms with E-state index in [1.807, 2.05) is 5.32 Å². The van der Waals surface area contributed by atoms with Crippen LogP contribution in [0.4, 0.5) is 18.0 Å². The monoisotopic (exact) mass is 256 g/mol. The Balaban J connectivity index is 4.50. The Morgan fingerprint density at radius 3 is 2.18 bits per heavy atom. The number of alkyl halides is 3. The van der Waals surface area contributed by atoms with Crippen LogP contribution in [-0.2, 0) is 4.79 Å². The van der Waals surface area contributed by atoms with Crippen LogP contribution in [0.2, 0.25) is 0 Å². The fraction of sp³-hybridized carbons (Fsp3) is 0.778. The summed E-state index contributed by atoms with van der Waals surface area (Å²) in [5, 5.41) is 10.7. The van der Waals surface area contributed by atoms with Gasteiger partial charge in [-0.3, -0.25) is 0 Å². The van der Waals surface area contributed by atoms with E-state index in [9.17, 15) is 22.8 Å². The van der Waals surface area contributed by atoms with Gasteiger partial charge in [-0.15, -0.1) is 0 Å². The van der Waals surface area contributed by atoms with E-state index < -0.39 is 30.8 Å². The summed E-state index contributed by atoms with van der Waals surface area (Å²) in [6, 6.07) is -2.20. The zero-order chi connectivity index (χ0) is 13.6. The van der Waals surface area contributed by atoms with Crippen LogP contribution in [0.5, 0.6) is 0 Å². The van der Waals surface area contributed by atoms with Crippen LogP contribution in [0, 0.1) is 0 Å². The van der Waals surface area contributed by atoms with Gasteiger partial charge in [0.25, 0.3) is 0 Å². The third-order valence-electron chi connectivity index (χ3n) is 2.04. The summed E-state index contributed by atoms with van der Waals surface area (Å²) in [4.78, 5) is 22.5. The molecule has 0 aliphatic carbocycles. The Morgan fingerprint density at radius 2 is 1.88 bits per heavy atom. The number of nitrogens with one attached hydrogen (secondary N) is 1. The number of aliphatic carboxylic acids is 1. The summed E-state index contributed by atoms with van der Waals surface area (Å²) in [5.41, 5.74) is 0. The van der Waals surface area contributed by atoms with Crippen molar-refractivity contribution in [3.8, 4) is 0 Å². The van der Waals surface area contributed by atoms with E-state index in [0.29, 0.717) is 4.90 Å². The molecule has 8 heteroatoms. The fourth-order valence-electron chi connectivity index (χ4n) is 1.12. The fourth-order valence-corrected chi connectivity index (χ4v) is 1.12. The molecule has 0 bridgehead atoms. The molecular formula is C9H15F3N2O3. The minimum Gasteiger partial charge on any atom is -0.480 e. The molecule has 0 heterocycles. The molecule has 0 aromatic carbocycles. The van der Waals surface area contributed by atoms with E-state index >= 15 is 0 Å². The second-order valence-corrected chi connectivity index (χ2v) is 3.38. The summed E-state index contributed by atoms with van der Waals surface area (Å²) in [6.07, 6.45) is -4.40. The predicted molar refractivity (Wildman–Crippen MR) is 53.5 cm³/mol. The molecule has 0 saturated carbocycles. The zero-order valence-electron chi connectivity index (χ0n) is 9.54. The lowest BCUT2D eigenvalue weighted by Crippen LogP contribution is -2.50. The van der Waals surface area contributed by atoms with Gasteiger partial charge in [-0.1, -0.05) is 6.92 Å². The third kappa shape index (κ3) is 5.98. The first-order valence-corrected chi connectivity index (χ1v) is 5.06. The Labute approximate surface area is 96.6 Å². The highest BCUT2D eigenvalue weighted by Crippen LogP contribution is 2.16. The number of halogens is 3. The normalized spacial score (nSPS) is 13.0. The number of carbonyl (C=O) groups is 2. The van der Waals surface area contributed by atoms with Gasteiger partial charge in [0.1, 0.15) is 12.6 Å². The van der Waals surface area contributed by atoms with Crippen LogP contribution in [0.25, 0.3) is 0 Å². The minimum absolute atomic E-state index is 0.102. The Hall–Kier alpha value is -1.47. The molecule has 2 amide bonds. The number of hydrogen-bond donors (Lipinski definition) is 2. The second-order valence-electron chi connectivity index (χ2n) is 3.38. The molecule has 17 heavy (non-hydrogen) atoms. The number of nitrogens with zero attached hydrogens (tertiary/aromatic N) is 1. The second kappa shape index (κ2) is 6.31. The molecule has 0 aromatic heterocycles. The van der Waals surface area contributed by atoms with Crippen molar-refractivity contribution in [2.75, 3.05) is 13.1 Å². The van der Waals surface area contributed by atoms with Crippen molar-refractivity contribution in [1.82, 2.24) is 10.2 Å². The highest BCUT2D eigenvalue weighted by molar-refractivity contribution is 5.82. The lowest BCUT2D eigenvalue weighted by atomic mass is 10.2. The molecule has 100 valence electrons. The maximum atomic E-state index is 12.1. The van der Waals surface area contributed by atoms with Crippen molar-refractivity contribution in [3.63, 3.8) is 0 Å². The highest BCUT2D eigenvalue weighted by Gasteiger charge is 2.33. The molecule has 0 unspecified atom stereocenters. The average molecular weight is 256 g/mol. The van der Waals surface area contributed by atoms with Crippen LogP contribution in [0.1, 0.15) is 20.3 Å². The van der Waals surface area contributed by atoms with Crippen molar-refractivity contribution >= 4 is 12.0 Å². The maximum absolute atomic E-state index is 12.1. The summed E-state index contributed by atoms with van der Waals surface area (Å²) < 4.78 is 36.3. The van der Waals surface area contributed by atoms with Crippen molar-refractivity contribution in [2.24, 2.45) is 0 Å². The first-order chi connectivity index (χ1) is 7.71. The van der Waals surface area contributed by atoms with Crippen LogP contribution >= 0.6 is 0 Å². The van der Waals surface area contributed by atoms with E-state index in [4.69, 9.17) is 5.11 Å². The summed E-state index contributed by atoms with van der Waals surface area (Å²) in [6.45, 7) is 1.35. The van der Waals surface area contributed by atoms with Gasteiger partial charge in [-0.25, -0.2) is 9.59 Å². The van der Waals surface area contributed by atoms with Crippen LogP contribution in [0.3, 0.4) is 0 Å². The predicted octanol–water partition coefficient (Wildman–Crippen LogP) is 1.44. The highest BCUT2D eigenvalue weighted by atomic mass is 19.4. The lowest BCUT2D eigenvalue weighted by Gasteiger charge is -2.24. The Bertz CT molecular complexity index is 281. The van der Waals surface area contributed by atoms with Gasteiger partial charge in [0.15, 0.2) is 0 Å². The topological polar surface area (TPSA) is 69.6 Å². The smallest absolute Gasteiger partial charge is 0.406 e. The number of urea groups is 1. The van der Waals surface area contributed by atoms with E-state index in [-0.39, 0.29) is 13.0 Å². The molecule has 0 aliphatic rings. The third-order valence-corrected chi connectivity index (χ3v) is 2.04. The Kier molecular flexibility index (Phi) is 5.77. The number of amides is 2. The molecule has 0 aromatic rings. The number of carboxylic acids is 1. The van der Waals surface area contributed by atoms with E-state index in [2.05, 4.69) is 0 Å². The molecular weight excluding hydrogens is 241 g/mol. The minimum atomic E-state index is -4.50. The van der Waals surface area contributed by atoms with Gasteiger partial charge in [0, 0.05) is 6.54 Å².